The van der Waals surface area contributed by atoms with Gasteiger partial charge in [0.1, 0.15) is 9.79 Å². The molecule has 0 fully saturated rings. The summed E-state index contributed by atoms with van der Waals surface area (Å²) in [5, 5.41) is 137. The second-order valence-electron chi connectivity index (χ2n) is 25.9. The van der Waals surface area contributed by atoms with Crippen LogP contribution in [0.15, 0.2) is 181 Å². The summed E-state index contributed by atoms with van der Waals surface area (Å²) in [7, 11) is -29.3. The normalized spacial score (nSPS) is 13.0. The molecule has 0 atom stereocenters. The Morgan fingerprint density at radius 1 is 0.292 bits per heavy atom. The molecular formula is C68H82N24O22S6. The Morgan fingerprint density at radius 3 is 0.650 bits per heavy atom. The summed E-state index contributed by atoms with van der Waals surface area (Å²) in [6.07, 6.45) is -3.62. The first-order valence-electron chi connectivity index (χ1n) is 35.0. The Bertz CT molecular complexity index is 5840. The third-order valence-electron chi connectivity index (χ3n) is 16.9. The highest BCUT2D eigenvalue weighted by molar-refractivity contribution is 7.90. The van der Waals surface area contributed by atoms with Crippen LogP contribution in [-0.2, 0) is 60.3 Å². The summed E-state index contributed by atoms with van der Waals surface area (Å²) in [4.78, 5) is 40.2. The average Bonchev–Trinajstić information content (AvgIpc) is 0.753. The Balaban J connectivity index is 1.34. The average molecular weight is 1780 g/mol. The summed E-state index contributed by atoms with van der Waals surface area (Å²) in [6, 6.07) is 23.2. The molecule has 46 nitrogen and oxygen atoms in total. The van der Waals surface area contributed by atoms with Crippen LogP contribution < -0.4 is 33.7 Å². The number of hydrogen-bond acceptors (Lipinski definition) is 26. The van der Waals surface area contributed by atoms with Gasteiger partial charge in [-0.3, -0.25) is 82.3 Å². The van der Waals surface area contributed by atoms with Crippen LogP contribution >= 0.6 is 0 Å². The van der Waals surface area contributed by atoms with Gasteiger partial charge in [0, 0.05) is 115 Å². The monoisotopic (exact) mass is 1780 g/mol. The topological polar surface area (TPSA) is 780 Å². The molecule has 6 aromatic carbocycles. The zero-order valence-electron chi connectivity index (χ0n) is 63.2. The third kappa shape index (κ3) is 25.7. The van der Waals surface area contributed by atoms with Crippen molar-refractivity contribution in [2.24, 2.45) is 30.0 Å². The van der Waals surface area contributed by atoms with Crippen LogP contribution in [0.25, 0.3) is 11.1 Å². The third-order valence-corrected chi connectivity index (χ3v) is 26.3. The number of nitrogens with one attached hydrogen (secondary N) is 14. The van der Waals surface area contributed by atoms with Crippen molar-refractivity contribution in [1.29, 1.82) is 43.3 Å². The molecule has 642 valence electrons. The van der Waals surface area contributed by atoms with Crippen molar-refractivity contribution in [2.45, 2.75) is 94.6 Å². The first-order chi connectivity index (χ1) is 56.1. The van der Waals surface area contributed by atoms with E-state index in [0.717, 1.165) is 65.8 Å². The molecule has 0 amide bonds. The van der Waals surface area contributed by atoms with Gasteiger partial charge >= 0.3 is 0 Å². The zero-order chi connectivity index (χ0) is 88.6. The molecule has 8 aromatic rings. The minimum absolute atomic E-state index is 0.0162. The molecule has 2 heterocycles. The van der Waals surface area contributed by atoms with Crippen molar-refractivity contribution >= 4 is 142 Å². The predicted octanol–water partition coefficient (Wildman–Crippen LogP) is 5.19. The lowest BCUT2D eigenvalue weighted by molar-refractivity contribution is 0.403. The fraction of sp³-hybridized carbons (Fsp3) is 0.265. The van der Waals surface area contributed by atoms with Crippen LogP contribution in [0.5, 0.6) is 0 Å². The molecule has 0 unspecified atom stereocenters. The van der Waals surface area contributed by atoms with Crippen molar-refractivity contribution < 1.29 is 100 Å². The summed E-state index contributed by atoms with van der Waals surface area (Å²) in [6.45, 7) is -0.980. The summed E-state index contributed by atoms with van der Waals surface area (Å²) in [5.41, 5.74) is -4.61. The number of rotatable bonds is 41. The van der Waals surface area contributed by atoms with Gasteiger partial charge < -0.3 is 40.9 Å². The van der Waals surface area contributed by atoms with Crippen molar-refractivity contribution in [3.05, 3.63) is 166 Å². The number of aromatic amines is 6. The quantitative estimate of drug-likeness (QED) is 0.0133. The maximum absolute atomic E-state index is 14.1. The molecule has 0 spiro atoms. The highest BCUT2D eigenvalue weighted by Crippen LogP contribution is 2.40. The van der Waals surface area contributed by atoms with Gasteiger partial charge in [0.15, 0.2) is 47.2 Å². The Morgan fingerprint density at radius 2 is 0.475 bits per heavy atom. The molecule has 8 rings (SSSR count). The number of hydrogen-bond donors (Lipinski definition) is 24. The molecule has 0 aliphatic rings. The van der Waals surface area contributed by atoms with Crippen LogP contribution in [-0.4, -0.2) is 247 Å². The van der Waals surface area contributed by atoms with Crippen molar-refractivity contribution in [2.75, 3.05) is 52.4 Å². The zero-order valence-corrected chi connectivity index (χ0v) is 68.1. The lowest BCUT2D eigenvalue weighted by Gasteiger charge is -2.21. The number of benzene rings is 6. The van der Waals surface area contributed by atoms with E-state index in [4.69, 9.17) is 43.3 Å². The van der Waals surface area contributed by atoms with E-state index >= 15 is 0 Å². The molecule has 0 aliphatic carbocycles. The van der Waals surface area contributed by atoms with Gasteiger partial charge in [-0.15, -0.1) is 0 Å². The fourth-order valence-corrected chi connectivity index (χ4v) is 18.4. The molecule has 0 bridgehead atoms. The summed E-state index contributed by atoms with van der Waals surface area (Å²) >= 11 is 0. The number of H-pyrrole nitrogens is 6. The van der Waals surface area contributed by atoms with Crippen LogP contribution in [0.4, 0.5) is 34.1 Å². The first-order valence-corrected chi connectivity index (χ1v) is 43.6. The minimum atomic E-state index is -5.53. The molecule has 0 saturated carbocycles. The highest BCUT2D eigenvalue weighted by atomic mass is 32.2. The number of aliphatic hydroxyl groups excluding tert-OH is 8. The van der Waals surface area contributed by atoms with E-state index < -0.39 is 263 Å². The van der Waals surface area contributed by atoms with E-state index in [0.29, 0.717) is 0 Å². The van der Waals surface area contributed by atoms with E-state index in [2.05, 4.69) is 59.9 Å². The lowest BCUT2D eigenvalue weighted by Crippen LogP contribution is -2.37. The number of aliphatic hydroxyl groups is 8. The van der Waals surface area contributed by atoms with Gasteiger partial charge in [0.2, 0.25) is 73.8 Å². The SMILES string of the molecule is Cc1cc(-c2cc(C)c(N=c3[nH]c(=Nc4cccc(S(=O)(=O)N(CCC(=N)O)CCC(=N)O)c4)[nH]c(=Nc4cccc(S(=O)(=O)N(CCC(=N)O)CCC(=N)O)c4)[nH]3)cc2S(=O)(=O)O)c(S(=O)(=O)O)cc1N=c1[nH]c(=Nc2cccc(S(=O)(=O)N(CCC(=N)O)CCC(=N)O)c2)[nH]c(=Nc2cccc(S(=O)(=O)N(CCC(=N)O)CCC(=N)O)c2)[nH]1. The van der Waals surface area contributed by atoms with Gasteiger partial charge in [-0.1, -0.05) is 24.3 Å². The number of nitrogens with zero attached hydrogens (tertiary/aromatic N) is 10. The fourth-order valence-electron chi connectivity index (χ4n) is 11.1. The summed E-state index contributed by atoms with van der Waals surface area (Å²) < 4.78 is 193. The largest absolute Gasteiger partial charge is 0.497 e. The molecule has 24 N–H and O–H groups in total. The van der Waals surface area contributed by atoms with E-state index in [1.54, 1.807) is 0 Å². The number of sulfonamides is 4. The Kier molecular flexibility index (Phi) is 30.4. The second kappa shape index (κ2) is 39.3. The molecule has 2 aromatic heterocycles. The van der Waals surface area contributed by atoms with Crippen LogP contribution in [0.1, 0.15) is 62.5 Å². The van der Waals surface area contributed by atoms with Crippen LogP contribution in [0, 0.1) is 57.1 Å². The smallest absolute Gasteiger partial charge is 0.295 e. The minimum Gasteiger partial charge on any atom is -0.497 e. The maximum Gasteiger partial charge on any atom is 0.295 e. The Hall–Kier alpha value is -12.6. The first kappa shape index (κ1) is 92.9. The molecule has 0 aliphatic heterocycles. The molecule has 52 heteroatoms. The van der Waals surface area contributed by atoms with Crippen LogP contribution in [0.3, 0.4) is 0 Å². The molecule has 0 radical (unpaired) electrons. The highest BCUT2D eigenvalue weighted by Gasteiger charge is 2.32. The van der Waals surface area contributed by atoms with Gasteiger partial charge in [-0.2, -0.15) is 34.1 Å². The molecule has 0 saturated heterocycles. The lowest BCUT2D eigenvalue weighted by atomic mass is 9.99. The second-order valence-corrected chi connectivity index (χ2v) is 36.4. The molecule has 120 heavy (non-hydrogen) atoms. The molecular weight excluding hydrogens is 1700 g/mol. The number of aromatic nitrogens is 6. The van der Waals surface area contributed by atoms with Gasteiger partial charge in [0.25, 0.3) is 20.2 Å². The van der Waals surface area contributed by atoms with E-state index in [9.17, 15) is 100 Å². The van der Waals surface area contributed by atoms with Gasteiger partial charge in [-0.05, 0) is 122 Å². The Labute approximate surface area is 682 Å². The van der Waals surface area contributed by atoms with Crippen molar-refractivity contribution in [3.63, 3.8) is 0 Å². The summed E-state index contributed by atoms with van der Waals surface area (Å²) in [5.74, 6) is -6.94. The van der Waals surface area contributed by atoms with Crippen molar-refractivity contribution in [3.8, 4) is 11.1 Å². The van der Waals surface area contributed by atoms with E-state index in [-0.39, 0.29) is 67.7 Å². The van der Waals surface area contributed by atoms with E-state index in [1.165, 1.54) is 86.6 Å². The predicted molar refractivity (Wildman–Crippen MR) is 432 cm³/mol. The van der Waals surface area contributed by atoms with Crippen LogP contribution in [0.2, 0.25) is 0 Å². The van der Waals surface area contributed by atoms with Crippen molar-refractivity contribution in [1.82, 2.24) is 47.1 Å². The standard InChI is InChI=1S/C68H82N24O22S6/c1-39-31-49(53(119(109,110)111)37-51(39)81-67-85-63(77-41-7-3-11-45(33-41)115(101,102)89(23-15-55(69)93)24-16-56(70)94)83-64(86-67)78-42-8-4-12-46(34-42)116(103,104)90(25-17-57(71)95)26-18-58(72)96)50-32-40(2)52(38-54(50)120(112,113)114)82-68-87-65(79-43-9-5-13-47(35-43)117(105,106)91(27-19-59(73)97)28-20-60(74)98)84-66(88-68)80-44-10-6-14-48(36-44)118(107,108)92(29-21-61(75)99)30-22-62(76)100/h3-14,31-38H,15-30H2,1-2H3,(H2,69,93)(H2,70,94)(H2,71,95)(H2,72,96)(H2,73,97)(H2,74,98)(H2,75,99)(H2,76,100)(H,109,110,111)(H,112,113,114)(H3,77,78,81,83,85,86)(H3,79,80,82,84,87,88). The number of aryl methyl sites for hydroxylation is 2. The van der Waals surface area contributed by atoms with E-state index in [1.807, 2.05) is 0 Å². The maximum atomic E-state index is 14.1. The van der Waals surface area contributed by atoms with Gasteiger partial charge in [-0.25, -0.2) is 63.6 Å². The van der Waals surface area contributed by atoms with Gasteiger partial charge in [0.05, 0.1) is 53.7 Å².